The molecule has 116 valence electrons. The van der Waals surface area contributed by atoms with E-state index in [4.69, 9.17) is 0 Å². The molecule has 1 amide bonds. The molecule has 1 fully saturated rings. The average molecular weight is 292 g/mol. The molecule has 2 rings (SSSR count). The van der Waals surface area contributed by atoms with Crippen LogP contribution in [0.5, 0.6) is 0 Å². The molecule has 2 N–H and O–H groups in total. The van der Waals surface area contributed by atoms with Crippen LogP contribution in [-0.2, 0) is 0 Å². The molecule has 6 nitrogen and oxygen atoms in total. The summed E-state index contributed by atoms with van der Waals surface area (Å²) in [5.74, 6) is 0.479. The number of likely N-dealkylation sites (tertiary alicyclic amines) is 1. The molecule has 0 radical (unpaired) electrons. The standard InChI is InChI=1S/C15H24N4O2/c1-11-3-5-19(6-4-11)10-13(20)8-18-15(21)14-9-16-12(2)7-17-14/h7,9,11,13,20H,3-6,8,10H2,1-2H3,(H,18,21). The zero-order valence-corrected chi connectivity index (χ0v) is 12.7. The minimum Gasteiger partial charge on any atom is -0.390 e. The van der Waals surface area contributed by atoms with Crippen LogP contribution in [0.15, 0.2) is 12.4 Å². The number of aryl methyl sites for hydroxylation is 1. The van der Waals surface area contributed by atoms with Gasteiger partial charge in [0.1, 0.15) is 5.69 Å². The maximum atomic E-state index is 11.9. The van der Waals surface area contributed by atoms with E-state index in [2.05, 4.69) is 27.1 Å². The van der Waals surface area contributed by atoms with Gasteiger partial charge < -0.3 is 15.3 Å². The Morgan fingerprint density at radius 1 is 1.43 bits per heavy atom. The molecule has 1 aromatic rings. The smallest absolute Gasteiger partial charge is 0.271 e. The van der Waals surface area contributed by atoms with Crippen LogP contribution in [0.2, 0.25) is 0 Å². The molecule has 1 aromatic heterocycles. The highest BCUT2D eigenvalue weighted by Gasteiger charge is 2.18. The molecule has 0 aliphatic carbocycles. The zero-order chi connectivity index (χ0) is 15.2. The van der Waals surface area contributed by atoms with E-state index in [1.807, 2.05) is 6.92 Å². The number of aromatic nitrogens is 2. The fourth-order valence-electron chi connectivity index (χ4n) is 2.42. The molecule has 1 saturated heterocycles. The molecular formula is C15H24N4O2. The number of amides is 1. The van der Waals surface area contributed by atoms with Crippen LogP contribution in [0, 0.1) is 12.8 Å². The van der Waals surface area contributed by atoms with E-state index in [0.29, 0.717) is 6.54 Å². The zero-order valence-electron chi connectivity index (χ0n) is 12.7. The predicted molar refractivity (Wildman–Crippen MR) is 79.9 cm³/mol. The van der Waals surface area contributed by atoms with E-state index in [1.165, 1.54) is 19.0 Å². The number of hydrogen-bond donors (Lipinski definition) is 2. The lowest BCUT2D eigenvalue weighted by atomic mass is 9.99. The van der Waals surface area contributed by atoms with E-state index in [-0.39, 0.29) is 18.1 Å². The van der Waals surface area contributed by atoms with Gasteiger partial charge in [0.05, 0.1) is 18.0 Å². The maximum Gasteiger partial charge on any atom is 0.271 e. The van der Waals surface area contributed by atoms with Crippen molar-refractivity contribution in [3.63, 3.8) is 0 Å². The SMILES string of the molecule is Cc1cnc(C(=O)NCC(O)CN2CCC(C)CC2)cn1. The maximum absolute atomic E-state index is 11.9. The van der Waals surface area contributed by atoms with Gasteiger partial charge in [-0.05, 0) is 38.8 Å². The largest absolute Gasteiger partial charge is 0.390 e. The summed E-state index contributed by atoms with van der Waals surface area (Å²) in [5, 5.41) is 12.7. The van der Waals surface area contributed by atoms with Gasteiger partial charge >= 0.3 is 0 Å². The Balaban J connectivity index is 1.72. The van der Waals surface area contributed by atoms with Crippen LogP contribution >= 0.6 is 0 Å². The molecule has 1 aliphatic heterocycles. The highest BCUT2D eigenvalue weighted by atomic mass is 16.3. The summed E-state index contributed by atoms with van der Waals surface area (Å²) >= 11 is 0. The molecule has 0 aromatic carbocycles. The molecule has 0 spiro atoms. The lowest BCUT2D eigenvalue weighted by molar-refractivity contribution is 0.0792. The first kappa shape index (κ1) is 15.9. The Hall–Kier alpha value is -1.53. The lowest BCUT2D eigenvalue weighted by Crippen LogP contribution is -2.43. The number of aliphatic hydroxyl groups is 1. The number of piperidine rings is 1. The number of rotatable bonds is 5. The molecule has 6 heteroatoms. The highest BCUT2D eigenvalue weighted by Crippen LogP contribution is 2.15. The van der Waals surface area contributed by atoms with Crippen molar-refractivity contribution in [1.82, 2.24) is 20.2 Å². The monoisotopic (exact) mass is 292 g/mol. The number of aliphatic hydroxyl groups excluding tert-OH is 1. The van der Waals surface area contributed by atoms with Gasteiger partial charge in [0.15, 0.2) is 0 Å². The minimum atomic E-state index is -0.555. The summed E-state index contributed by atoms with van der Waals surface area (Å²) < 4.78 is 0. The summed E-state index contributed by atoms with van der Waals surface area (Å²) in [4.78, 5) is 22.2. The molecule has 0 saturated carbocycles. The summed E-state index contributed by atoms with van der Waals surface area (Å²) in [6, 6.07) is 0. The molecular weight excluding hydrogens is 268 g/mol. The summed E-state index contributed by atoms with van der Waals surface area (Å²) in [6.45, 7) is 6.97. The van der Waals surface area contributed by atoms with Gasteiger partial charge in [0, 0.05) is 19.3 Å². The number of nitrogens with zero attached hydrogens (tertiary/aromatic N) is 3. The second kappa shape index (κ2) is 7.47. The highest BCUT2D eigenvalue weighted by molar-refractivity contribution is 5.91. The van der Waals surface area contributed by atoms with Gasteiger partial charge in [-0.25, -0.2) is 4.98 Å². The summed E-state index contributed by atoms with van der Waals surface area (Å²) in [5.41, 5.74) is 1.05. The summed E-state index contributed by atoms with van der Waals surface area (Å²) in [6.07, 6.45) is 4.81. The van der Waals surface area contributed by atoms with Gasteiger partial charge in [-0.15, -0.1) is 0 Å². The first-order valence-corrected chi connectivity index (χ1v) is 7.52. The van der Waals surface area contributed by atoms with Crippen molar-refractivity contribution in [2.24, 2.45) is 5.92 Å². The molecule has 1 aliphatic rings. The predicted octanol–water partition coefficient (Wildman–Crippen LogP) is 0.608. The van der Waals surface area contributed by atoms with Gasteiger partial charge in [-0.3, -0.25) is 9.78 Å². The van der Waals surface area contributed by atoms with Crippen molar-refractivity contribution in [1.29, 1.82) is 0 Å². The topological polar surface area (TPSA) is 78.3 Å². The number of carbonyl (C=O) groups is 1. The fraction of sp³-hybridized carbons (Fsp3) is 0.667. The average Bonchev–Trinajstić information content (AvgIpc) is 2.48. The van der Waals surface area contributed by atoms with Crippen molar-refractivity contribution in [3.05, 3.63) is 23.8 Å². The van der Waals surface area contributed by atoms with Crippen molar-refractivity contribution in [2.75, 3.05) is 26.2 Å². The third kappa shape index (κ3) is 5.06. The van der Waals surface area contributed by atoms with Crippen LogP contribution in [-0.4, -0.2) is 58.2 Å². The van der Waals surface area contributed by atoms with E-state index in [1.54, 1.807) is 6.20 Å². The Morgan fingerprint density at radius 3 is 2.76 bits per heavy atom. The van der Waals surface area contributed by atoms with Crippen molar-refractivity contribution in [2.45, 2.75) is 32.8 Å². The van der Waals surface area contributed by atoms with Crippen LogP contribution in [0.3, 0.4) is 0 Å². The van der Waals surface area contributed by atoms with Crippen molar-refractivity contribution >= 4 is 5.91 Å². The molecule has 21 heavy (non-hydrogen) atoms. The van der Waals surface area contributed by atoms with Crippen LogP contribution in [0.25, 0.3) is 0 Å². The molecule has 1 unspecified atom stereocenters. The number of carbonyl (C=O) groups excluding carboxylic acids is 1. The van der Waals surface area contributed by atoms with Crippen LogP contribution in [0.1, 0.15) is 35.9 Å². The third-order valence-corrected chi connectivity index (χ3v) is 3.86. The van der Waals surface area contributed by atoms with Crippen molar-refractivity contribution < 1.29 is 9.90 Å². The van der Waals surface area contributed by atoms with Gasteiger partial charge in [-0.2, -0.15) is 0 Å². The molecule has 2 heterocycles. The Kier molecular flexibility index (Phi) is 5.64. The molecule has 1 atom stereocenters. The second-order valence-electron chi connectivity index (χ2n) is 5.89. The van der Waals surface area contributed by atoms with E-state index in [0.717, 1.165) is 24.7 Å². The van der Waals surface area contributed by atoms with Gasteiger partial charge in [0.25, 0.3) is 5.91 Å². The van der Waals surface area contributed by atoms with Crippen LogP contribution in [0.4, 0.5) is 0 Å². The molecule has 0 bridgehead atoms. The van der Waals surface area contributed by atoms with E-state index in [9.17, 15) is 9.90 Å². The third-order valence-electron chi connectivity index (χ3n) is 3.86. The lowest BCUT2D eigenvalue weighted by Gasteiger charge is -2.31. The first-order chi connectivity index (χ1) is 10.0. The van der Waals surface area contributed by atoms with Crippen LogP contribution < -0.4 is 5.32 Å². The van der Waals surface area contributed by atoms with Crippen molar-refractivity contribution in [3.8, 4) is 0 Å². The first-order valence-electron chi connectivity index (χ1n) is 7.52. The Morgan fingerprint density at radius 2 is 2.14 bits per heavy atom. The number of nitrogens with one attached hydrogen (secondary N) is 1. The number of hydrogen-bond acceptors (Lipinski definition) is 5. The van der Waals surface area contributed by atoms with Gasteiger partial charge in [-0.1, -0.05) is 6.92 Å². The van der Waals surface area contributed by atoms with Gasteiger partial charge in [0.2, 0.25) is 0 Å². The second-order valence-corrected chi connectivity index (χ2v) is 5.89. The van der Waals surface area contributed by atoms with E-state index >= 15 is 0 Å². The minimum absolute atomic E-state index is 0.237. The quantitative estimate of drug-likeness (QED) is 0.831. The summed E-state index contributed by atoms with van der Waals surface area (Å²) in [7, 11) is 0. The van der Waals surface area contributed by atoms with E-state index < -0.39 is 6.10 Å². The normalized spacial score (nSPS) is 18.4. The Labute approximate surface area is 125 Å². The number of β-amino-alcohol motifs (C(OH)–C–C–N with tert-alkyl or cyclic N) is 1. The fourth-order valence-corrected chi connectivity index (χ4v) is 2.42. The Bertz CT molecular complexity index is 455.